The van der Waals surface area contributed by atoms with Gasteiger partial charge < -0.3 is 10.1 Å². The lowest BCUT2D eigenvalue weighted by molar-refractivity contribution is -0.0867. The molecule has 1 atom stereocenters. The van der Waals surface area contributed by atoms with Gasteiger partial charge in [0.05, 0.1) is 11.6 Å². The van der Waals surface area contributed by atoms with Crippen LogP contribution >= 0.6 is 11.3 Å². The molecule has 1 unspecified atom stereocenters. The van der Waals surface area contributed by atoms with E-state index >= 15 is 0 Å². The highest BCUT2D eigenvalue weighted by Crippen LogP contribution is 2.48. The van der Waals surface area contributed by atoms with Crippen LogP contribution in [0.2, 0.25) is 0 Å². The van der Waals surface area contributed by atoms with Gasteiger partial charge in [0.2, 0.25) is 0 Å². The number of ether oxygens (including phenoxy) is 1. The summed E-state index contributed by atoms with van der Waals surface area (Å²) >= 11 is 1.86. The van der Waals surface area contributed by atoms with Crippen LogP contribution in [0.15, 0.2) is 11.4 Å². The van der Waals surface area contributed by atoms with Crippen LogP contribution < -0.4 is 5.32 Å². The smallest absolute Gasteiger partial charge is 0.0881 e. The Morgan fingerprint density at radius 1 is 1.30 bits per heavy atom. The largest absolute Gasteiger partial charge is 0.376 e. The summed E-state index contributed by atoms with van der Waals surface area (Å²) in [6.45, 7) is 10.1. The van der Waals surface area contributed by atoms with Gasteiger partial charge in [-0.15, -0.1) is 11.3 Å². The summed E-state index contributed by atoms with van der Waals surface area (Å²) in [5.41, 5.74) is 1.81. The van der Waals surface area contributed by atoms with E-state index in [9.17, 15) is 0 Å². The van der Waals surface area contributed by atoms with Gasteiger partial charge in [0.1, 0.15) is 0 Å². The number of thiophene rings is 1. The van der Waals surface area contributed by atoms with Gasteiger partial charge in [0, 0.05) is 12.0 Å². The molecule has 1 saturated carbocycles. The van der Waals surface area contributed by atoms with Gasteiger partial charge in [-0.05, 0) is 61.6 Å². The predicted molar refractivity (Wildman–Crippen MR) is 87.5 cm³/mol. The number of hydrogen-bond donors (Lipinski definition) is 1. The third-order valence-electron chi connectivity index (χ3n) is 4.95. The minimum Gasteiger partial charge on any atom is -0.376 e. The highest BCUT2D eigenvalue weighted by molar-refractivity contribution is 7.10. The van der Waals surface area contributed by atoms with Crippen molar-refractivity contribution in [3.63, 3.8) is 0 Å². The Kier molecular flexibility index (Phi) is 4.93. The summed E-state index contributed by atoms with van der Waals surface area (Å²) < 4.78 is 6.11. The molecule has 0 amide bonds. The van der Waals surface area contributed by atoms with Crippen molar-refractivity contribution in [2.45, 2.75) is 65.0 Å². The maximum atomic E-state index is 6.11. The average Bonchev–Trinajstić information content (AvgIpc) is 2.83. The highest BCUT2D eigenvalue weighted by Gasteiger charge is 2.45. The fourth-order valence-corrected chi connectivity index (χ4v) is 4.47. The Morgan fingerprint density at radius 3 is 2.40 bits per heavy atom. The maximum Gasteiger partial charge on any atom is 0.0881 e. The molecule has 2 rings (SSSR count). The summed E-state index contributed by atoms with van der Waals surface area (Å²) in [6.07, 6.45) is 4.78. The van der Waals surface area contributed by atoms with Gasteiger partial charge in [-0.25, -0.2) is 0 Å². The number of aryl methyl sites for hydroxylation is 1. The summed E-state index contributed by atoms with van der Waals surface area (Å²) in [7, 11) is 1.89. The molecule has 0 bridgehead atoms. The van der Waals surface area contributed by atoms with Crippen molar-refractivity contribution in [1.82, 2.24) is 5.32 Å². The maximum absolute atomic E-state index is 6.11. The molecule has 1 aromatic heterocycles. The zero-order valence-corrected chi connectivity index (χ0v) is 14.4. The van der Waals surface area contributed by atoms with E-state index in [4.69, 9.17) is 4.74 Å². The van der Waals surface area contributed by atoms with E-state index in [2.05, 4.69) is 44.5 Å². The van der Waals surface area contributed by atoms with Crippen molar-refractivity contribution in [3.8, 4) is 0 Å². The van der Waals surface area contributed by atoms with Crippen LogP contribution in [0.25, 0.3) is 0 Å². The van der Waals surface area contributed by atoms with E-state index in [1.165, 1.54) is 23.3 Å². The first-order chi connectivity index (χ1) is 9.44. The molecular formula is C17H29NOS. The topological polar surface area (TPSA) is 21.3 Å². The second-order valence-electron chi connectivity index (χ2n) is 6.89. The first kappa shape index (κ1) is 16.0. The highest BCUT2D eigenvalue weighted by atomic mass is 32.1. The fraction of sp³-hybridized carbons (Fsp3) is 0.765. The monoisotopic (exact) mass is 295 g/mol. The lowest BCUT2D eigenvalue weighted by Crippen LogP contribution is -2.49. The Balaban J connectivity index is 2.29. The van der Waals surface area contributed by atoms with E-state index in [0.717, 1.165) is 19.4 Å². The van der Waals surface area contributed by atoms with Gasteiger partial charge in [0.25, 0.3) is 0 Å². The van der Waals surface area contributed by atoms with E-state index < -0.39 is 0 Å². The van der Waals surface area contributed by atoms with Gasteiger partial charge in [-0.3, -0.25) is 0 Å². The van der Waals surface area contributed by atoms with Gasteiger partial charge in [-0.1, -0.05) is 20.8 Å². The standard InChI is InChI=1S/C17H29NOS/c1-6-18-15(14-13(2)7-12-20-14)17(19-5)10-8-16(3,4)9-11-17/h7,12,15,18H,6,8-11H2,1-5H3. The lowest BCUT2D eigenvalue weighted by atomic mass is 9.68. The van der Waals surface area contributed by atoms with Crippen LogP contribution in [0.1, 0.15) is 62.9 Å². The Hall–Kier alpha value is -0.380. The van der Waals surface area contributed by atoms with Crippen LogP contribution in [0, 0.1) is 12.3 Å². The predicted octanol–water partition coefficient (Wildman–Crippen LogP) is 4.69. The molecule has 2 nitrogen and oxygen atoms in total. The Labute approximate surface area is 127 Å². The quantitative estimate of drug-likeness (QED) is 0.850. The zero-order chi connectivity index (χ0) is 14.8. The van der Waals surface area contributed by atoms with Crippen LogP contribution in [-0.2, 0) is 4.74 Å². The number of nitrogens with one attached hydrogen (secondary N) is 1. The number of rotatable bonds is 5. The molecule has 20 heavy (non-hydrogen) atoms. The van der Waals surface area contributed by atoms with Crippen molar-refractivity contribution in [3.05, 3.63) is 21.9 Å². The lowest BCUT2D eigenvalue weighted by Gasteiger charge is -2.47. The number of methoxy groups -OCH3 is 1. The van der Waals surface area contributed by atoms with Crippen molar-refractivity contribution in [2.75, 3.05) is 13.7 Å². The fourth-order valence-electron chi connectivity index (χ4n) is 3.36. The molecular weight excluding hydrogens is 266 g/mol. The summed E-state index contributed by atoms with van der Waals surface area (Å²) in [4.78, 5) is 1.45. The molecule has 0 saturated heterocycles. The van der Waals surface area contributed by atoms with Gasteiger partial charge >= 0.3 is 0 Å². The van der Waals surface area contributed by atoms with Crippen molar-refractivity contribution < 1.29 is 4.74 Å². The summed E-state index contributed by atoms with van der Waals surface area (Å²) in [5.74, 6) is 0. The SMILES string of the molecule is CCNC(c1sccc1C)C1(OC)CCC(C)(C)CC1. The molecule has 0 radical (unpaired) electrons. The first-order valence-electron chi connectivity index (χ1n) is 7.77. The molecule has 0 spiro atoms. The molecule has 3 heteroatoms. The van der Waals surface area contributed by atoms with Crippen molar-refractivity contribution in [1.29, 1.82) is 0 Å². The van der Waals surface area contributed by atoms with E-state index in [1.807, 2.05) is 18.4 Å². The summed E-state index contributed by atoms with van der Waals surface area (Å²) in [5, 5.41) is 5.90. The van der Waals surface area contributed by atoms with Crippen molar-refractivity contribution >= 4 is 11.3 Å². The van der Waals surface area contributed by atoms with E-state index in [-0.39, 0.29) is 5.60 Å². The van der Waals surface area contributed by atoms with Crippen LogP contribution in [0.5, 0.6) is 0 Å². The van der Waals surface area contributed by atoms with E-state index in [0.29, 0.717) is 11.5 Å². The number of likely N-dealkylation sites (N-methyl/N-ethyl adjacent to an activating group) is 1. The molecule has 0 aliphatic heterocycles. The van der Waals surface area contributed by atoms with Gasteiger partial charge in [0.15, 0.2) is 0 Å². The molecule has 114 valence electrons. The Bertz CT molecular complexity index is 428. The third kappa shape index (κ3) is 3.10. The molecule has 0 aromatic carbocycles. The molecule has 1 N–H and O–H groups in total. The molecule has 1 aromatic rings. The van der Waals surface area contributed by atoms with Crippen molar-refractivity contribution in [2.24, 2.45) is 5.41 Å². The van der Waals surface area contributed by atoms with Crippen LogP contribution in [0.4, 0.5) is 0 Å². The van der Waals surface area contributed by atoms with Crippen LogP contribution in [-0.4, -0.2) is 19.3 Å². The van der Waals surface area contributed by atoms with E-state index in [1.54, 1.807) is 0 Å². The molecule has 1 heterocycles. The molecule has 1 aliphatic rings. The first-order valence-corrected chi connectivity index (χ1v) is 8.64. The normalized spacial score (nSPS) is 22.6. The summed E-state index contributed by atoms with van der Waals surface area (Å²) in [6, 6.07) is 2.55. The number of hydrogen-bond acceptors (Lipinski definition) is 3. The second kappa shape index (κ2) is 6.17. The molecule has 1 aliphatic carbocycles. The second-order valence-corrected chi connectivity index (χ2v) is 7.84. The minimum absolute atomic E-state index is 0.0405. The zero-order valence-electron chi connectivity index (χ0n) is 13.6. The average molecular weight is 295 g/mol. The van der Waals surface area contributed by atoms with Crippen LogP contribution in [0.3, 0.4) is 0 Å². The van der Waals surface area contributed by atoms with Gasteiger partial charge in [-0.2, -0.15) is 0 Å². The third-order valence-corrected chi connectivity index (χ3v) is 6.04. The minimum atomic E-state index is -0.0405. The Morgan fingerprint density at radius 2 is 1.95 bits per heavy atom. The molecule has 1 fully saturated rings.